The van der Waals surface area contributed by atoms with Crippen molar-refractivity contribution in [1.82, 2.24) is 5.32 Å². The third kappa shape index (κ3) is 5.63. The van der Waals surface area contributed by atoms with Crippen LogP contribution in [0.4, 0.5) is 0 Å². The molecular weight excluding hydrogens is 234 g/mol. The Hall–Kier alpha value is -1.16. The number of carbonyl (C=O) groups is 1. The van der Waals surface area contributed by atoms with Gasteiger partial charge in [-0.15, -0.1) is 0 Å². The molecule has 0 saturated heterocycles. The zero-order chi connectivity index (χ0) is 12.5. The molecule has 0 heterocycles. The molecule has 1 rings (SSSR count). The van der Waals surface area contributed by atoms with Gasteiger partial charge in [-0.05, 0) is 18.6 Å². The lowest BCUT2D eigenvalue weighted by atomic mass is 10.3. The van der Waals surface area contributed by atoms with Gasteiger partial charge in [0.2, 0.25) is 5.91 Å². The van der Waals surface area contributed by atoms with Crippen LogP contribution in [0.5, 0.6) is 0 Å². The summed E-state index contributed by atoms with van der Waals surface area (Å²) in [4.78, 5) is 12.2. The van der Waals surface area contributed by atoms with Gasteiger partial charge >= 0.3 is 0 Å². The molecule has 0 spiro atoms. The molecule has 3 nitrogen and oxygen atoms in total. The van der Waals surface area contributed by atoms with Crippen LogP contribution in [-0.4, -0.2) is 22.4 Å². The lowest BCUT2D eigenvalue weighted by Gasteiger charge is -2.04. The average Bonchev–Trinajstić information content (AvgIpc) is 2.37. The number of amides is 1. The van der Waals surface area contributed by atoms with Gasteiger partial charge in [-0.2, -0.15) is 0 Å². The van der Waals surface area contributed by atoms with Gasteiger partial charge in [0.25, 0.3) is 0 Å². The van der Waals surface area contributed by atoms with E-state index < -0.39 is 10.8 Å². The molecule has 0 aromatic heterocycles. The molecule has 0 saturated carbocycles. The second kappa shape index (κ2) is 8.01. The fraction of sp³-hybridized carbons (Fsp3) is 0.462. The van der Waals surface area contributed by atoms with Crippen molar-refractivity contribution < 1.29 is 9.00 Å². The van der Waals surface area contributed by atoms with E-state index in [1.54, 1.807) is 0 Å². The van der Waals surface area contributed by atoms with Gasteiger partial charge in [-0.3, -0.25) is 9.00 Å². The summed E-state index contributed by atoms with van der Waals surface area (Å²) in [7, 11) is -1.07. The van der Waals surface area contributed by atoms with Gasteiger partial charge in [-0.1, -0.05) is 31.5 Å². The van der Waals surface area contributed by atoms with Crippen molar-refractivity contribution in [2.45, 2.75) is 31.1 Å². The van der Waals surface area contributed by atoms with Crippen LogP contribution in [-0.2, 0) is 15.6 Å². The first kappa shape index (κ1) is 13.9. The van der Waals surface area contributed by atoms with E-state index in [0.717, 1.165) is 17.7 Å². The van der Waals surface area contributed by atoms with Crippen molar-refractivity contribution in [2.24, 2.45) is 0 Å². The first-order chi connectivity index (χ1) is 8.24. The van der Waals surface area contributed by atoms with Gasteiger partial charge in [0.05, 0.1) is 10.8 Å². The molecule has 1 aromatic rings. The molecule has 1 unspecified atom stereocenters. The Labute approximate surface area is 105 Å². The van der Waals surface area contributed by atoms with Crippen LogP contribution in [0.1, 0.15) is 26.2 Å². The monoisotopic (exact) mass is 253 g/mol. The van der Waals surface area contributed by atoms with Crippen molar-refractivity contribution in [3.8, 4) is 0 Å². The van der Waals surface area contributed by atoms with Crippen LogP contribution in [0.3, 0.4) is 0 Å². The Kier molecular flexibility index (Phi) is 6.55. The zero-order valence-corrected chi connectivity index (χ0v) is 11.0. The minimum absolute atomic E-state index is 0.0114. The normalized spacial score (nSPS) is 12.1. The first-order valence-corrected chi connectivity index (χ1v) is 7.26. The third-order valence-electron chi connectivity index (χ3n) is 2.37. The van der Waals surface area contributed by atoms with Crippen molar-refractivity contribution in [1.29, 1.82) is 0 Å². The highest BCUT2D eigenvalue weighted by Gasteiger charge is 2.06. The maximum Gasteiger partial charge on any atom is 0.220 e. The largest absolute Gasteiger partial charge is 0.356 e. The molecule has 17 heavy (non-hydrogen) atoms. The van der Waals surface area contributed by atoms with Gasteiger partial charge in [-0.25, -0.2) is 0 Å². The summed E-state index contributed by atoms with van der Waals surface area (Å²) in [5.74, 6) is 0.379. The van der Waals surface area contributed by atoms with Crippen LogP contribution in [0, 0.1) is 0 Å². The van der Waals surface area contributed by atoms with Crippen LogP contribution < -0.4 is 5.32 Å². The van der Waals surface area contributed by atoms with E-state index in [9.17, 15) is 9.00 Å². The summed E-state index contributed by atoms with van der Waals surface area (Å²) in [6.07, 6.45) is 2.38. The highest BCUT2D eigenvalue weighted by Crippen LogP contribution is 2.06. The highest BCUT2D eigenvalue weighted by molar-refractivity contribution is 7.85. The van der Waals surface area contributed by atoms with E-state index in [2.05, 4.69) is 12.2 Å². The molecule has 1 aromatic carbocycles. The van der Waals surface area contributed by atoms with E-state index >= 15 is 0 Å². The molecular formula is C13H19NO2S. The van der Waals surface area contributed by atoms with Crippen molar-refractivity contribution in [2.75, 3.05) is 12.3 Å². The number of unbranched alkanes of at least 4 members (excludes halogenated alkanes) is 1. The summed E-state index contributed by atoms with van der Waals surface area (Å²) in [6, 6.07) is 9.25. The topological polar surface area (TPSA) is 46.2 Å². The van der Waals surface area contributed by atoms with Crippen molar-refractivity contribution in [3.05, 3.63) is 30.3 Å². The first-order valence-electron chi connectivity index (χ1n) is 5.94. The number of carbonyl (C=O) groups excluding carboxylic acids is 1. The van der Waals surface area contributed by atoms with Gasteiger partial charge in [0.1, 0.15) is 0 Å². The van der Waals surface area contributed by atoms with E-state index in [1.807, 2.05) is 30.3 Å². The molecule has 0 bridgehead atoms. The minimum atomic E-state index is -1.07. The average molecular weight is 253 g/mol. The molecule has 94 valence electrons. The van der Waals surface area contributed by atoms with Crippen molar-refractivity contribution >= 4 is 16.7 Å². The summed E-state index contributed by atoms with van der Waals surface area (Å²) < 4.78 is 11.8. The minimum Gasteiger partial charge on any atom is -0.356 e. The Morgan fingerprint density at radius 1 is 1.29 bits per heavy atom. The van der Waals surface area contributed by atoms with Crippen LogP contribution in [0.15, 0.2) is 35.2 Å². The Morgan fingerprint density at radius 3 is 2.65 bits per heavy atom. The zero-order valence-electron chi connectivity index (χ0n) is 10.1. The summed E-state index contributed by atoms with van der Waals surface area (Å²) >= 11 is 0. The summed E-state index contributed by atoms with van der Waals surface area (Å²) in [5, 5.41) is 2.82. The van der Waals surface area contributed by atoms with E-state index in [1.165, 1.54) is 0 Å². The van der Waals surface area contributed by atoms with Crippen molar-refractivity contribution in [3.63, 3.8) is 0 Å². The lowest BCUT2D eigenvalue weighted by molar-refractivity contribution is -0.120. The van der Waals surface area contributed by atoms with Crippen LogP contribution >= 0.6 is 0 Å². The smallest absolute Gasteiger partial charge is 0.220 e. The summed E-state index contributed by atoms with van der Waals surface area (Å²) in [5.41, 5.74) is 0. The third-order valence-corrected chi connectivity index (χ3v) is 3.75. The Balaban J connectivity index is 2.26. The second-order valence-electron chi connectivity index (χ2n) is 3.82. The van der Waals surface area contributed by atoms with E-state index in [4.69, 9.17) is 0 Å². The number of nitrogens with one attached hydrogen (secondary N) is 1. The van der Waals surface area contributed by atoms with Gasteiger partial charge in [0.15, 0.2) is 0 Å². The lowest BCUT2D eigenvalue weighted by Crippen LogP contribution is -2.25. The highest BCUT2D eigenvalue weighted by atomic mass is 32.2. The quantitative estimate of drug-likeness (QED) is 0.756. The number of hydrogen-bond acceptors (Lipinski definition) is 2. The number of hydrogen-bond donors (Lipinski definition) is 1. The second-order valence-corrected chi connectivity index (χ2v) is 5.39. The van der Waals surface area contributed by atoms with Crippen LogP contribution in [0.25, 0.3) is 0 Å². The molecule has 0 aliphatic rings. The standard InChI is InChI=1S/C13H19NO2S/c1-2-3-10-14-13(15)9-11-17(16)12-7-5-4-6-8-12/h4-8H,2-3,9-11H2,1H3,(H,14,15). The maximum atomic E-state index is 11.8. The molecule has 0 aliphatic heterocycles. The number of rotatable bonds is 7. The maximum absolute atomic E-state index is 11.8. The molecule has 1 N–H and O–H groups in total. The molecule has 4 heteroatoms. The van der Waals surface area contributed by atoms with E-state index in [-0.39, 0.29) is 5.91 Å². The van der Waals surface area contributed by atoms with E-state index in [0.29, 0.717) is 18.7 Å². The Morgan fingerprint density at radius 2 is 2.00 bits per heavy atom. The molecule has 0 fully saturated rings. The predicted molar refractivity (Wildman–Crippen MR) is 70.3 cm³/mol. The molecule has 0 aliphatic carbocycles. The predicted octanol–water partition coefficient (Wildman–Crippen LogP) is 2.10. The van der Waals surface area contributed by atoms with Crippen LogP contribution in [0.2, 0.25) is 0 Å². The van der Waals surface area contributed by atoms with Gasteiger partial charge in [0, 0.05) is 23.6 Å². The molecule has 1 amide bonds. The fourth-order valence-electron chi connectivity index (χ4n) is 1.37. The Bertz CT molecular complexity index is 365. The number of benzene rings is 1. The summed E-state index contributed by atoms with van der Waals surface area (Å²) in [6.45, 7) is 2.80. The fourth-order valence-corrected chi connectivity index (χ4v) is 2.44. The molecule has 1 atom stereocenters. The molecule has 0 radical (unpaired) electrons. The van der Waals surface area contributed by atoms with Gasteiger partial charge < -0.3 is 5.32 Å². The SMILES string of the molecule is CCCCNC(=O)CCS(=O)c1ccccc1.